The van der Waals surface area contributed by atoms with Gasteiger partial charge in [-0.25, -0.2) is 10.2 Å². The van der Waals surface area contributed by atoms with Gasteiger partial charge in [0, 0.05) is 29.2 Å². The number of fused-ring (bicyclic) bond motifs is 1. The van der Waals surface area contributed by atoms with Crippen LogP contribution in [0.2, 0.25) is 0 Å². The quantitative estimate of drug-likeness (QED) is 0.574. The minimum Gasteiger partial charge on any atom is -0.449 e. The molecule has 0 fully saturated rings. The number of aromatic nitrogens is 1. The van der Waals surface area contributed by atoms with Crippen LogP contribution in [0.1, 0.15) is 18.1 Å². The molecule has 122 valence electrons. The van der Waals surface area contributed by atoms with E-state index >= 15 is 0 Å². The highest BCUT2D eigenvalue weighted by Crippen LogP contribution is 2.21. The van der Waals surface area contributed by atoms with Crippen LogP contribution in [-0.4, -0.2) is 23.5 Å². The third-order valence-corrected chi connectivity index (χ3v) is 3.65. The number of amides is 1. The van der Waals surface area contributed by atoms with E-state index in [0.29, 0.717) is 6.61 Å². The van der Waals surface area contributed by atoms with E-state index in [-0.39, 0.29) is 0 Å². The Balaban J connectivity index is 1.86. The highest BCUT2D eigenvalue weighted by Gasteiger charge is 2.07. The number of hydrogen-bond acceptors (Lipinski definition) is 3. The zero-order chi connectivity index (χ0) is 16.8. The van der Waals surface area contributed by atoms with E-state index in [1.54, 1.807) is 13.1 Å². The second-order valence-corrected chi connectivity index (χ2v) is 5.31. The van der Waals surface area contributed by atoms with Crippen LogP contribution in [0.3, 0.4) is 0 Å². The van der Waals surface area contributed by atoms with Gasteiger partial charge >= 0.3 is 6.09 Å². The number of hydrogen-bond donors (Lipinski definition) is 1. The van der Waals surface area contributed by atoms with Crippen molar-refractivity contribution in [2.75, 3.05) is 6.61 Å². The standard InChI is InChI=1S/C19H19N3O2/c1-2-24-19(23)21-20-12-16-14-22(13-15-8-4-3-5-9-15)18-11-7-6-10-17(16)18/h3-12,14H,2,13H2,1H3,(H,21,23). The van der Waals surface area contributed by atoms with Crippen molar-refractivity contribution in [2.24, 2.45) is 5.10 Å². The molecule has 2 aromatic carbocycles. The summed E-state index contributed by atoms with van der Waals surface area (Å²) in [6.07, 6.45) is 3.12. The van der Waals surface area contributed by atoms with Gasteiger partial charge in [-0.2, -0.15) is 5.10 Å². The summed E-state index contributed by atoms with van der Waals surface area (Å²) in [4.78, 5) is 11.3. The number of rotatable bonds is 5. The van der Waals surface area contributed by atoms with Crippen molar-refractivity contribution in [1.29, 1.82) is 0 Å². The predicted octanol–water partition coefficient (Wildman–Crippen LogP) is 3.77. The molecule has 0 aliphatic heterocycles. The van der Waals surface area contributed by atoms with E-state index in [1.165, 1.54) is 5.56 Å². The highest BCUT2D eigenvalue weighted by atomic mass is 16.5. The average Bonchev–Trinajstić information content (AvgIpc) is 2.94. The van der Waals surface area contributed by atoms with Crippen LogP contribution in [-0.2, 0) is 11.3 Å². The number of carbonyl (C=O) groups excluding carboxylic acids is 1. The van der Waals surface area contributed by atoms with Gasteiger partial charge in [0.25, 0.3) is 0 Å². The summed E-state index contributed by atoms with van der Waals surface area (Å²) < 4.78 is 6.96. The Morgan fingerprint density at radius 1 is 1.17 bits per heavy atom. The van der Waals surface area contributed by atoms with Crippen LogP contribution < -0.4 is 5.43 Å². The van der Waals surface area contributed by atoms with Crippen LogP contribution in [0.25, 0.3) is 10.9 Å². The molecule has 1 aromatic heterocycles. The first-order valence-corrected chi connectivity index (χ1v) is 7.85. The number of nitrogens with zero attached hydrogens (tertiary/aromatic N) is 2. The van der Waals surface area contributed by atoms with Crippen molar-refractivity contribution in [3.05, 3.63) is 71.9 Å². The summed E-state index contributed by atoms with van der Waals surface area (Å²) >= 11 is 0. The molecule has 1 amide bonds. The smallest absolute Gasteiger partial charge is 0.427 e. The molecule has 0 radical (unpaired) electrons. The van der Waals surface area contributed by atoms with Gasteiger partial charge in [-0.1, -0.05) is 48.5 Å². The fourth-order valence-electron chi connectivity index (χ4n) is 2.61. The SMILES string of the molecule is CCOC(=O)NN=Cc1cn(Cc2ccccc2)c2ccccc12. The van der Waals surface area contributed by atoms with Gasteiger partial charge in [0.15, 0.2) is 0 Å². The number of nitrogens with one attached hydrogen (secondary N) is 1. The molecule has 24 heavy (non-hydrogen) atoms. The lowest BCUT2D eigenvalue weighted by atomic mass is 10.2. The second kappa shape index (κ2) is 7.46. The van der Waals surface area contributed by atoms with Gasteiger partial charge in [0.2, 0.25) is 0 Å². The Morgan fingerprint density at radius 3 is 2.71 bits per heavy atom. The zero-order valence-electron chi connectivity index (χ0n) is 13.5. The first-order valence-electron chi connectivity index (χ1n) is 7.85. The van der Waals surface area contributed by atoms with Crippen LogP contribution in [0.4, 0.5) is 4.79 Å². The van der Waals surface area contributed by atoms with E-state index in [9.17, 15) is 4.79 Å². The minimum absolute atomic E-state index is 0.317. The largest absolute Gasteiger partial charge is 0.449 e. The zero-order valence-corrected chi connectivity index (χ0v) is 13.5. The van der Waals surface area contributed by atoms with Gasteiger partial charge in [0.05, 0.1) is 12.8 Å². The molecular weight excluding hydrogens is 302 g/mol. The monoisotopic (exact) mass is 321 g/mol. The van der Waals surface area contributed by atoms with Gasteiger partial charge in [-0.3, -0.25) is 0 Å². The van der Waals surface area contributed by atoms with E-state index in [1.807, 2.05) is 42.6 Å². The maximum atomic E-state index is 11.3. The summed E-state index contributed by atoms with van der Waals surface area (Å²) in [5, 5.41) is 5.05. The molecular formula is C19H19N3O2. The Kier molecular flexibility index (Phi) is 4.91. The van der Waals surface area contributed by atoms with Crippen LogP contribution in [0.15, 0.2) is 65.9 Å². The lowest BCUT2D eigenvalue weighted by molar-refractivity contribution is 0.152. The maximum Gasteiger partial charge on any atom is 0.427 e. The number of hydrazone groups is 1. The highest BCUT2D eigenvalue weighted by molar-refractivity contribution is 5.99. The Morgan fingerprint density at radius 2 is 1.92 bits per heavy atom. The summed E-state index contributed by atoms with van der Waals surface area (Å²) in [5.41, 5.74) is 5.65. The molecule has 0 bridgehead atoms. The van der Waals surface area contributed by atoms with Crippen molar-refractivity contribution < 1.29 is 9.53 Å². The second-order valence-electron chi connectivity index (χ2n) is 5.31. The molecule has 0 saturated carbocycles. The van der Waals surface area contributed by atoms with E-state index in [0.717, 1.165) is 23.0 Å². The molecule has 1 N–H and O–H groups in total. The molecule has 0 saturated heterocycles. The molecule has 5 nitrogen and oxygen atoms in total. The van der Waals surface area contributed by atoms with Crippen molar-refractivity contribution in [3.63, 3.8) is 0 Å². The maximum absolute atomic E-state index is 11.3. The normalized spacial score (nSPS) is 11.0. The van der Waals surface area contributed by atoms with E-state index in [4.69, 9.17) is 4.74 Å². The number of para-hydroxylation sites is 1. The number of carbonyl (C=O) groups is 1. The molecule has 0 aliphatic carbocycles. The minimum atomic E-state index is -0.554. The lowest BCUT2D eigenvalue weighted by Crippen LogP contribution is -2.18. The third kappa shape index (κ3) is 3.63. The van der Waals surface area contributed by atoms with Crippen LogP contribution >= 0.6 is 0 Å². The molecule has 3 aromatic rings. The van der Waals surface area contributed by atoms with Gasteiger partial charge in [0.1, 0.15) is 0 Å². The number of benzene rings is 2. The molecule has 0 atom stereocenters. The first-order chi connectivity index (χ1) is 11.8. The molecule has 5 heteroatoms. The lowest BCUT2D eigenvalue weighted by Gasteiger charge is -2.05. The van der Waals surface area contributed by atoms with Gasteiger partial charge in [-0.15, -0.1) is 0 Å². The summed E-state index contributed by atoms with van der Waals surface area (Å²) in [6, 6.07) is 18.4. The van der Waals surface area contributed by atoms with Crippen molar-refractivity contribution in [2.45, 2.75) is 13.5 Å². The van der Waals surface area contributed by atoms with E-state index in [2.05, 4.69) is 33.3 Å². The average molecular weight is 321 g/mol. The Labute approximate surface area is 140 Å². The van der Waals surface area contributed by atoms with Crippen molar-refractivity contribution >= 4 is 23.2 Å². The molecule has 1 heterocycles. The fraction of sp³-hybridized carbons (Fsp3) is 0.158. The Bertz CT molecular complexity index is 853. The van der Waals surface area contributed by atoms with Gasteiger partial charge < -0.3 is 9.30 Å². The fourth-order valence-corrected chi connectivity index (χ4v) is 2.61. The van der Waals surface area contributed by atoms with E-state index < -0.39 is 6.09 Å². The number of ether oxygens (including phenoxy) is 1. The predicted molar refractivity (Wildman–Crippen MR) is 95.2 cm³/mol. The van der Waals surface area contributed by atoms with Gasteiger partial charge in [-0.05, 0) is 18.6 Å². The molecule has 0 unspecified atom stereocenters. The third-order valence-electron chi connectivity index (χ3n) is 3.65. The molecule has 0 aliphatic rings. The van der Waals surface area contributed by atoms with Crippen molar-refractivity contribution in [3.8, 4) is 0 Å². The summed E-state index contributed by atoms with van der Waals surface area (Å²) in [7, 11) is 0. The topological polar surface area (TPSA) is 55.6 Å². The Hall–Kier alpha value is -3.08. The van der Waals surface area contributed by atoms with Crippen LogP contribution in [0.5, 0.6) is 0 Å². The van der Waals surface area contributed by atoms with Crippen molar-refractivity contribution in [1.82, 2.24) is 9.99 Å². The molecule has 3 rings (SSSR count). The first kappa shape index (κ1) is 15.8. The van der Waals surface area contributed by atoms with Crippen LogP contribution in [0, 0.1) is 0 Å². The summed E-state index contributed by atoms with van der Waals surface area (Å²) in [6.45, 7) is 2.85. The summed E-state index contributed by atoms with van der Waals surface area (Å²) in [5.74, 6) is 0. The molecule has 0 spiro atoms.